The van der Waals surface area contributed by atoms with Crippen LogP contribution in [0.15, 0.2) is 0 Å². The van der Waals surface area contributed by atoms with Gasteiger partial charge in [0.1, 0.15) is 0 Å². The van der Waals surface area contributed by atoms with E-state index in [0.717, 1.165) is 6.61 Å². The van der Waals surface area contributed by atoms with E-state index < -0.39 is 0 Å². The molecule has 0 radical (unpaired) electrons. The first-order chi connectivity index (χ1) is 3.63. The zero-order valence-corrected chi connectivity index (χ0v) is 7.69. The van der Waals surface area contributed by atoms with Gasteiger partial charge in [0, 0.05) is 0 Å². The fraction of sp³-hybridized carbons (Fsp3) is 1.00. The van der Waals surface area contributed by atoms with Gasteiger partial charge in [-0.3, -0.25) is 0 Å². The van der Waals surface area contributed by atoms with Gasteiger partial charge in [0.25, 0.3) is 0 Å². The molecule has 0 spiro atoms. The van der Waals surface area contributed by atoms with Crippen molar-refractivity contribution in [1.82, 2.24) is 5.48 Å². The number of hydroxylamine groups is 1. The van der Waals surface area contributed by atoms with Crippen molar-refractivity contribution >= 4 is 27.9 Å². The molecule has 0 bridgehead atoms. The summed E-state index contributed by atoms with van der Waals surface area (Å²) in [5.41, 5.74) is 3.35. The Hall–Kier alpha value is 0.920. The molecule has 1 unspecified atom stereocenters. The van der Waals surface area contributed by atoms with Crippen molar-refractivity contribution in [3.8, 4) is 0 Å². The van der Waals surface area contributed by atoms with Gasteiger partial charge in [-0.1, -0.05) is 0 Å². The van der Waals surface area contributed by atoms with Gasteiger partial charge >= 0.3 is 67.4 Å². The molecule has 3 heteroatoms. The maximum absolute atomic E-state index is 5.06. The van der Waals surface area contributed by atoms with Crippen LogP contribution in [0.4, 0.5) is 0 Å². The summed E-state index contributed by atoms with van der Waals surface area (Å²) in [5.74, 6) is 0. The summed E-state index contributed by atoms with van der Waals surface area (Å²) in [5, 5.41) is 0. The third-order valence-corrected chi connectivity index (χ3v) is 3.68. The molecule has 1 saturated heterocycles. The molecule has 0 amide bonds. The fourth-order valence-electron chi connectivity index (χ4n) is 0.637. The van der Waals surface area contributed by atoms with E-state index in [1.165, 1.54) is 27.9 Å². The Morgan fingerprint density at radius 3 is 2.50 bits per heavy atom. The van der Waals surface area contributed by atoms with E-state index >= 15 is 0 Å². The van der Waals surface area contributed by atoms with Crippen LogP contribution in [-0.2, 0) is 4.84 Å². The average molecular weight is 123 g/mol. The van der Waals surface area contributed by atoms with Crippen molar-refractivity contribution < 1.29 is 4.84 Å². The van der Waals surface area contributed by atoms with Crippen LogP contribution in [0.1, 0.15) is 13.8 Å². The summed E-state index contributed by atoms with van der Waals surface area (Å²) in [7, 11) is 0. The molecule has 1 rings (SSSR count). The molecule has 0 aromatic carbocycles. The van der Waals surface area contributed by atoms with Crippen LogP contribution < -0.4 is 5.48 Å². The molecule has 0 aromatic rings. The van der Waals surface area contributed by atoms with E-state index in [0.29, 0.717) is 8.71 Å². The third-order valence-electron chi connectivity index (χ3n) is 1.88. The summed E-state index contributed by atoms with van der Waals surface area (Å²) in [6, 6.07) is 0. The molecule has 1 fully saturated rings. The van der Waals surface area contributed by atoms with Crippen molar-refractivity contribution in [2.75, 3.05) is 6.61 Å². The molecular weight excluding hydrogens is 113 g/mol. The maximum atomic E-state index is 5.06. The van der Waals surface area contributed by atoms with Crippen molar-refractivity contribution in [2.24, 2.45) is 5.41 Å². The minimum absolute atomic E-state index is 0.381. The van der Waals surface area contributed by atoms with E-state index in [1.54, 1.807) is 0 Å². The molecule has 1 aliphatic rings. The third kappa shape index (κ3) is 1.25. The van der Waals surface area contributed by atoms with Crippen LogP contribution in [0.5, 0.6) is 0 Å². The first-order valence-corrected chi connectivity index (χ1v) is 4.16. The Morgan fingerprint density at radius 2 is 2.38 bits per heavy atom. The van der Waals surface area contributed by atoms with Crippen molar-refractivity contribution in [3.63, 3.8) is 0 Å². The molecule has 1 N–H and O–H groups in total. The minimum atomic E-state index is 0.381. The van der Waals surface area contributed by atoms with Crippen molar-refractivity contribution in [3.05, 3.63) is 0 Å². The van der Waals surface area contributed by atoms with Crippen LogP contribution in [-0.4, -0.2) is 37.8 Å². The Balaban J connectivity index is 2.54. The quantitative estimate of drug-likeness (QED) is 0.459. The molecule has 1 atom stereocenters. The van der Waals surface area contributed by atoms with Gasteiger partial charge in [-0.2, -0.15) is 0 Å². The predicted octanol–water partition coefficient (Wildman–Crippen LogP) is 0.0420. The topological polar surface area (TPSA) is 21.3 Å². The van der Waals surface area contributed by atoms with Crippen LogP contribution in [0, 0.1) is 5.41 Å². The van der Waals surface area contributed by atoms with E-state index in [-0.39, 0.29) is 0 Å². The second kappa shape index (κ2) is 2.27. The Morgan fingerprint density at radius 1 is 1.75 bits per heavy atom. The first-order valence-electron chi connectivity index (χ1n) is 3.00. The van der Waals surface area contributed by atoms with Gasteiger partial charge in [-0.25, -0.2) is 0 Å². The number of nitrogens with one attached hydrogen (secondary N) is 1. The zero-order chi connectivity index (χ0) is 6.20. The second-order valence-corrected chi connectivity index (χ2v) is 4.27. The van der Waals surface area contributed by atoms with Crippen LogP contribution in [0.25, 0.3) is 0 Å². The van der Waals surface area contributed by atoms with Gasteiger partial charge in [0.15, 0.2) is 0 Å². The Bertz CT molecular complexity index is 94.4. The Labute approximate surface area is 67.3 Å². The fourth-order valence-corrected chi connectivity index (χ4v) is 0.971. The Kier molecular flexibility index (Phi) is 2.00. The number of rotatable bonds is 0. The molecule has 1 aliphatic heterocycles. The molecule has 8 heavy (non-hydrogen) atoms. The van der Waals surface area contributed by atoms with E-state index in [9.17, 15) is 0 Å². The van der Waals surface area contributed by atoms with Gasteiger partial charge in [0.2, 0.25) is 0 Å². The van der Waals surface area contributed by atoms with Gasteiger partial charge in [-0.15, -0.1) is 0 Å². The summed E-state index contributed by atoms with van der Waals surface area (Å²) in [4.78, 5) is 5.06. The van der Waals surface area contributed by atoms with Crippen LogP contribution >= 0.6 is 0 Å². The molecule has 0 saturated carbocycles. The monoisotopic (exact) mass is 123 g/mol. The average Bonchev–Trinajstić information content (AvgIpc) is 1.86. The van der Waals surface area contributed by atoms with Gasteiger partial charge in [0.05, 0.1) is 0 Å². The van der Waals surface area contributed by atoms with E-state index in [4.69, 9.17) is 4.84 Å². The number of hydrogen-bond donors (Lipinski definition) is 1. The molecule has 42 valence electrons. The van der Waals surface area contributed by atoms with Gasteiger partial charge < -0.3 is 0 Å². The summed E-state index contributed by atoms with van der Waals surface area (Å²) in [6.45, 7) is 5.32. The molecular formula is C5H10NNaO. The van der Waals surface area contributed by atoms with Crippen LogP contribution in [0.3, 0.4) is 0 Å². The number of hydrogen-bond acceptors (Lipinski definition) is 2. The molecule has 0 aliphatic carbocycles. The molecule has 1 heterocycles. The second-order valence-electron chi connectivity index (χ2n) is 3.12. The van der Waals surface area contributed by atoms with Crippen molar-refractivity contribution in [1.29, 1.82) is 0 Å². The van der Waals surface area contributed by atoms with Crippen LogP contribution in [0.2, 0.25) is 0 Å². The first kappa shape index (κ1) is 7.03. The summed E-state index contributed by atoms with van der Waals surface area (Å²) < 4.78 is 0.627. The predicted molar refractivity (Wildman–Crippen MR) is 32.4 cm³/mol. The standard InChI is InChI=1S/C5H10NO.Na/c1-5(2)3-6-7-4-5;/h3,6H,4H2,1-2H3;. The zero-order valence-electron chi connectivity index (χ0n) is 5.69. The molecule has 0 aromatic heterocycles. The van der Waals surface area contributed by atoms with Crippen molar-refractivity contribution in [2.45, 2.75) is 17.1 Å². The summed E-state index contributed by atoms with van der Waals surface area (Å²) in [6.07, 6.45) is 0. The molecule has 2 nitrogen and oxygen atoms in total. The van der Waals surface area contributed by atoms with E-state index in [2.05, 4.69) is 19.3 Å². The van der Waals surface area contributed by atoms with Gasteiger partial charge in [-0.05, 0) is 0 Å². The normalized spacial score (nSPS) is 35.8. The van der Waals surface area contributed by atoms with E-state index in [1.807, 2.05) is 0 Å². The SMILES string of the molecule is CC1(C)CON[CH]1[Na]. The summed E-state index contributed by atoms with van der Waals surface area (Å²) >= 11 is 1.18.